The first-order chi connectivity index (χ1) is 8.70. The fraction of sp³-hybridized carbons (Fsp3) is 0.417. The molecule has 2 atom stereocenters. The van der Waals surface area contributed by atoms with E-state index in [0.29, 0.717) is 6.42 Å². The number of aromatic nitrogens is 1. The molecule has 18 heavy (non-hydrogen) atoms. The first-order valence-electron chi connectivity index (χ1n) is 5.71. The van der Waals surface area contributed by atoms with Gasteiger partial charge in [0.15, 0.2) is 5.78 Å². The fourth-order valence-corrected chi connectivity index (χ4v) is 1.92. The third kappa shape index (κ3) is 2.91. The molecule has 2 unspecified atom stereocenters. The number of methoxy groups -OCH3 is 1. The number of carbonyl (C=O) groups excluding carboxylic acids is 2. The van der Waals surface area contributed by atoms with Gasteiger partial charge in [-0.2, -0.15) is 0 Å². The molecular formula is C12H15N3O3. The van der Waals surface area contributed by atoms with Gasteiger partial charge in [0.2, 0.25) is 0 Å². The van der Waals surface area contributed by atoms with Crippen LogP contribution in [0.15, 0.2) is 24.5 Å². The Kier molecular flexibility index (Phi) is 4.01. The molecular weight excluding hydrogens is 234 g/mol. The highest BCUT2D eigenvalue weighted by molar-refractivity contribution is 5.98. The van der Waals surface area contributed by atoms with Crippen molar-refractivity contribution in [3.8, 4) is 0 Å². The lowest BCUT2D eigenvalue weighted by Gasteiger charge is -2.08. The summed E-state index contributed by atoms with van der Waals surface area (Å²) in [5, 5.41) is 0. The van der Waals surface area contributed by atoms with Gasteiger partial charge in [0.05, 0.1) is 13.2 Å². The Balaban J connectivity index is 1.92. The predicted molar refractivity (Wildman–Crippen MR) is 63.3 cm³/mol. The second kappa shape index (κ2) is 5.70. The summed E-state index contributed by atoms with van der Waals surface area (Å²) >= 11 is 0. The van der Waals surface area contributed by atoms with Gasteiger partial charge in [-0.15, -0.1) is 0 Å². The molecule has 6 nitrogen and oxygen atoms in total. The average molecular weight is 249 g/mol. The zero-order valence-corrected chi connectivity index (χ0v) is 10.1. The predicted octanol–water partition coefficient (Wildman–Crippen LogP) is 0.121. The van der Waals surface area contributed by atoms with E-state index in [0.717, 1.165) is 5.56 Å². The Bertz CT molecular complexity index is 435. The molecule has 6 heteroatoms. The number of Topliss-reactive ketones (excluding diaryl/α,β-unsaturated/α-hetero) is 1. The summed E-state index contributed by atoms with van der Waals surface area (Å²) in [6, 6.07) is 3.49. The molecule has 96 valence electrons. The number of pyridine rings is 1. The number of hydrogen-bond donors (Lipinski definition) is 2. The van der Waals surface area contributed by atoms with Gasteiger partial charge in [0.1, 0.15) is 6.42 Å². The third-order valence-corrected chi connectivity index (χ3v) is 2.95. The normalized spacial score (nSPS) is 22.7. The molecule has 0 amide bonds. The highest BCUT2D eigenvalue weighted by Crippen LogP contribution is 2.22. The topological polar surface area (TPSA) is 80.3 Å². The molecule has 0 radical (unpaired) electrons. The van der Waals surface area contributed by atoms with Gasteiger partial charge in [-0.25, -0.2) is 10.9 Å². The number of ketones is 1. The molecule has 2 N–H and O–H groups in total. The Morgan fingerprint density at radius 2 is 2.11 bits per heavy atom. The van der Waals surface area contributed by atoms with Gasteiger partial charge < -0.3 is 4.74 Å². The number of hydrogen-bond acceptors (Lipinski definition) is 6. The largest absolute Gasteiger partial charge is 0.469 e. The minimum atomic E-state index is -0.505. The van der Waals surface area contributed by atoms with E-state index in [9.17, 15) is 9.59 Å². The van der Waals surface area contributed by atoms with Crippen molar-refractivity contribution in [1.29, 1.82) is 0 Å². The molecule has 2 rings (SSSR count). The van der Waals surface area contributed by atoms with Crippen molar-refractivity contribution in [3.05, 3.63) is 30.1 Å². The number of carbonyl (C=O) groups is 2. The van der Waals surface area contributed by atoms with Crippen LogP contribution >= 0.6 is 0 Å². The minimum absolute atomic E-state index is 0.0552. The molecule has 1 fully saturated rings. The molecule has 0 saturated carbocycles. The number of hydrazine groups is 1. The van der Waals surface area contributed by atoms with E-state index in [1.165, 1.54) is 7.11 Å². The van der Waals surface area contributed by atoms with Gasteiger partial charge in [0.25, 0.3) is 0 Å². The molecule has 1 aromatic heterocycles. The van der Waals surface area contributed by atoms with Crippen LogP contribution in [0.1, 0.15) is 24.4 Å². The zero-order valence-electron chi connectivity index (χ0n) is 10.1. The summed E-state index contributed by atoms with van der Waals surface area (Å²) in [5.41, 5.74) is 7.01. The molecule has 0 aromatic carbocycles. The summed E-state index contributed by atoms with van der Waals surface area (Å²) in [6.45, 7) is 0. The van der Waals surface area contributed by atoms with Crippen molar-refractivity contribution in [3.63, 3.8) is 0 Å². The Morgan fingerprint density at radius 1 is 1.39 bits per heavy atom. The zero-order chi connectivity index (χ0) is 13.0. The van der Waals surface area contributed by atoms with Crippen molar-refractivity contribution < 1.29 is 14.3 Å². The quantitative estimate of drug-likeness (QED) is 0.583. The van der Waals surface area contributed by atoms with Crippen LogP contribution < -0.4 is 10.9 Å². The maximum Gasteiger partial charge on any atom is 0.313 e. The molecule has 0 aliphatic carbocycles. The van der Waals surface area contributed by atoms with Gasteiger partial charge in [-0.3, -0.25) is 14.6 Å². The Hall–Kier alpha value is -1.79. The van der Waals surface area contributed by atoms with Gasteiger partial charge in [-0.1, -0.05) is 0 Å². The van der Waals surface area contributed by atoms with Crippen LogP contribution in [0.25, 0.3) is 0 Å². The van der Waals surface area contributed by atoms with Crippen molar-refractivity contribution >= 4 is 11.8 Å². The molecule has 1 aliphatic heterocycles. The lowest BCUT2D eigenvalue weighted by Crippen LogP contribution is -2.37. The van der Waals surface area contributed by atoms with Crippen LogP contribution in [0.3, 0.4) is 0 Å². The minimum Gasteiger partial charge on any atom is -0.469 e. The van der Waals surface area contributed by atoms with Crippen LogP contribution in [-0.4, -0.2) is 29.9 Å². The number of esters is 1. The van der Waals surface area contributed by atoms with Crippen LogP contribution in [0, 0.1) is 0 Å². The summed E-state index contributed by atoms with van der Waals surface area (Å²) in [4.78, 5) is 26.8. The van der Waals surface area contributed by atoms with E-state index in [1.807, 2.05) is 12.1 Å². The molecule has 1 aliphatic rings. The van der Waals surface area contributed by atoms with Gasteiger partial charge in [-0.05, 0) is 24.1 Å². The van der Waals surface area contributed by atoms with Crippen molar-refractivity contribution in [2.24, 2.45) is 0 Å². The monoisotopic (exact) mass is 249 g/mol. The lowest BCUT2D eigenvalue weighted by atomic mass is 10.00. The van der Waals surface area contributed by atoms with Crippen LogP contribution in [-0.2, 0) is 14.3 Å². The van der Waals surface area contributed by atoms with Crippen LogP contribution in [0.2, 0.25) is 0 Å². The van der Waals surface area contributed by atoms with E-state index in [1.54, 1.807) is 12.4 Å². The Morgan fingerprint density at radius 3 is 2.78 bits per heavy atom. The van der Waals surface area contributed by atoms with E-state index >= 15 is 0 Å². The molecule has 0 spiro atoms. The molecule has 0 bridgehead atoms. The maximum atomic E-state index is 11.8. The molecule has 1 saturated heterocycles. The highest BCUT2D eigenvalue weighted by Gasteiger charge is 2.30. The lowest BCUT2D eigenvalue weighted by molar-refractivity contribution is -0.143. The van der Waals surface area contributed by atoms with Crippen LogP contribution in [0.4, 0.5) is 0 Å². The smallest absolute Gasteiger partial charge is 0.313 e. The summed E-state index contributed by atoms with van der Waals surface area (Å²) in [5.74, 6) is -0.667. The second-order valence-electron chi connectivity index (χ2n) is 4.13. The van der Waals surface area contributed by atoms with E-state index in [2.05, 4.69) is 20.6 Å². The standard InChI is InChI=1S/C12H15N3O3/c1-18-12(17)7-11(16)10-6-9(14-15-10)8-2-4-13-5-3-8/h2-5,9-10,14-15H,6-7H2,1H3. The summed E-state index contributed by atoms with van der Waals surface area (Å²) in [7, 11) is 1.27. The third-order valence-electron chi connectivity index (χ3n) is 2.95. The summed E-state index contributed by atoms with van der Waals surface area (Å²) < 4.78 is 4.48. The number of nitrogens with one attached hydrogen (secondary N) is 2. The Labute approximate surface area is 105 Å². The second-order valence-corrected chi connectivity index (χ2v) is 4.13. The first-order valence-corrected chi connectivity index (χ1v) is 5.71. The fourth-order valence-electron chi connectivity index (χ4n) is 1.92. The molecule has 2 heterocycles. The summed E-state index contributed by atoms with van der Waals surface area (Å²) in [6.07, 6.45) is 3.83. The average Bonchev–Trinajstić information content (AvgIpc) is 2.89. The van der Waals surface area contributed by atoms with Crippen molar-refractivity contribution in [2.75, 3.05) is 7.11 Å². The highest BCUT2D eigenvalue weighted by atomic mass is 16.5. The van der Waals surface area contributed by atoms with Gasteiger partial charge >= 0.3 is 5.97 Å². The molecule has 1 aromatic rings. The van der Waals surface area contributed by atoms with E-state index in [-0.39, 0.29) is 24.3 Å². The van der Waals surface area contributed by atoms with E-state index in [4.69, 9.17) is 0 Å². The van der Waals surface area contributed by atoms with Gasteiger partial charge in [0, 0.05) is 18.4 Å². The maximum absolute atomic E-state index is 11.8. The number of ether oxygens (including phenoxy) is 1. The van der Waals surface area contributed by atoms with Crippen molar-refractivity contribution in [1.82, 2.24) is 15.8 Å². The number of nitrogens with zero attached hydrogens (tertiary/aromatic N) is 1. The van der Waals surface area contributed by atoms with Crippen molar-refractivity contribution in [2.45, 2.75) is 24.9 Å². The van der Waals surface area contributed by atoms with E-state index < -0.39 is 5.97 Å². The first kappa shape index (κ1) is 12.7. The van der Waals surface area contributed by atoms with Crippen LogP contribution in [0.5, 0.6) is 0 Å². The SMILES string of the molecule is COC(=O)CC(=O)C1CC(c2ccncc2)NN1. The number of rotatable bonds is 4.